The fourth-order valence-electron chi connectivity index (χ4n) is 3.31. The third-order valence-electron chi connectivity index (χ3n) is 5.22. The van der Waals surface area contributed by atoms with Gasteiger partial charge in [-0.1, -0.05) is 33.6 Å². The van der Waals surface area contributed by atoms with Crippen LogP contribution in [0.15, 0.2) is 0 Å². The average molecular weight is 268 g/mol. The molecule has 1 fully saturated rings. The van der Waals surface area contributed by atoms with Gasteiger partial charge >= 0.3 is 0 Å². The van der Waals surface area contributed by atoms with Gasteiger partial charge in [0, 0.05) is 12.6 Å². The molecule has 1 atom stereocenters. The molecule has 0 saturated heterocycles. The highest BCUT2D eigenvalue weighted by atomic mass is 16.2. The molecule has 0 aliphatic heterocycles. The normalized spacial score (nSPS) is 29.3. The van der Waals surface area contributed by atoms with Gasteiger partial charge in [-0.25, -0.2) is 0 Å². The standard InChI is InChI=1S/C16H32N2O/c1-5-14(6-2)13(4)18-15(19)16(11-17)9-7-12(3)8-10-16/h12-14H,5-11,17H2,1-4H3,(H,18,19). The average Bonchev–Trinajstić information content (AvgIpc) is 2.41. The van der Waals surface area contributed by atoms with Crippen molar-refractivity contribution in [3.8, 4) is 0 Å². The van der Waals surface area contributed by atoms with E-state index in [0.717, 1.165) is 44.4 Å². The van der Waals surface area contributed by atoms with E-state index in [2.05, 4.69) is 33.0 Å². The number of amides is 1. The second kappa shape index (κ2) is 7.28. The van der Waals surface area contributed by atoms with E-state index in [1.54, 1.807) is 0 Å². The van der Waals surface area contributed by atoms with E-state index in [1.807, 2.05) is 0 Å². The van der Waals surface area contributed by atoms with Crippen molar-refractivity contribution in [2.45, 2.75) is 72.3 Å². The molecule has 1 aliphatic rings. The van der Waals surface area contributed by atoms with Crippen LogP contribution in [-0.2, 0) is 4.79 Å². The molecule has 1 unspecified atom stereocenters. The van der Waals surface area contributed by atoms with Gasteiger partial charge in [0.05, 0.1) is 5.41 Å². The largest absolute Gasteiger partial charge is 0.353 e. The molecule has 0 radical (unpaired) electrons. The predicted molar refractivity (Wildman–Crippen MR) is 80.8 cm³/mol. The Morgan fingerprint density at radius 2 is 1.84 bits per heavy atom. The molecule has 3 nitrogen and oxygen atoms in total. The second-order valence-electron chi connectivity index (χ2n) is 6.51. The van der Waals surface area contributed by atoms with Gasteiger partial charge in [-0.3, -0.25) is 4.79 Å². The topological polar surface area (TPSA) is 55.1 Å². The van der Waals surface area contributed by atoms with E-state index < -0.39 is 0 Å². The smallest absolute Gasteiger partial charge is 0.227 e. The Morgan fingerprint density at radius 3 is 2.26 bits per heavy atom. The molecule has 0 heterocycles. The lowest BCUT2D eigenvalue weighted by Gasteiger charge is -2.38. The minimum absolute atomic E-state index is 0.196. The lowest BCUT2D eigenvalue weighted by molar-refractivity contribution is -0.133. The lowest BCUT2D eigenvalue weighted by atomic mass is 9.70. The Hall–Kier alpha value is -0.570. The number of carbonyl (C=O) groups is 1. The third kappa shape index (κ3) is 3.95. The van der Waals surface area contributed by atoms with Crippen LogP contribution in [0, 0.1) is 17.3 Å². The van der Waals surface area contributed by atoms with Crippen molar-refractivity contribution in [2.75, 3.05) is 6.54 Å². The minimum atomic E-state index is -0.299. The zero-order chi connectivity index (χ0) is 14.5. The van der Waals surface area contributed by atoms with Gasteiger partial charge in [0.25, 0.3) is 0 Å². The lowest BCUT2D eigenvalue weighted by Crippen LogP contribution is -2.51. The molecule has 112 valence electrons. The fraction of sp³-hybridized carbons (Fsp3) is 0.938. The Balaban J connectivity index is 2.64. The molecule has 3 heteroatoms. The molecule has 3 N–H and O–H groups in total. The first kappa shape index (κ1) is 16.5. The molecular weight excluding hydrogens is 236 g/mol. The first-order valence-corrected chi connectivity index (χ1v) is 8.00. The van der Waals surface area contributed by atoms with Crippen molar-refractivity contribution < 1.29 is 4.79 Å². The zero-order valence-corrected chi connectivity index (χ0v) is 13.2. The number of rotatable bonds is 6. The predicted octanol–water partition coefficient (Wildman–Crippen LogP) is 3.08. The number of hydrogen-bond donors (Lipinski definition) is 2. The van der Waals surface area contributed by atoms with E-state index >= 15 is 0 Å². The van der Waals surface area contributed by atoms with Gasteiger partial charge in [-0.15, -0.1) is 0 Å². The quantitative estimate of drug-likeness (QED) is 0.778. The SMILES string of the molecule is CCC(CC)C(C)NC(=O)C1(CN)CCC(C)CC1. The van der Waals surface area contributed by atoms with E-state index in [4.69, 9.17) is 5.73 Å². The minimum Gasteiger partial charge on any atom is -0.353 e. The van der Waals surface area contributed by atoms with Gasteiger partial charge < -0.3 is 11.1 Å². The Labute approximate surface area is 118 Å². The molecule has 0 spiro atoms. The zero-order valence-electron chi connectivity index (χ0n) is 13.2. The van der Waals surface area contributed by atoms with Crippen molar-refractivity contribution >= 4 is 5.91 Å². The van der Waals surface area contributed by atoms with Gasteiger partial charge in [0.1, 0.15) is 0 Å². The summed E-state index contributed by atoms with van der Waals surface area (Å²) in [5.74, 6) is 1.51. The summed E-state index contributed by atoms with van der Waals surface area (Å²) in [7, 11) is 0. The Morgan fingerprint density at radius 1 is 1.32 bits per heavy atom. The summed E-state index contributed by atoms with van der Waals surface area (Å²) >= 11 is 0. The summed E-state index contributed by atoms with van der Waals surface area (Å²) in [5, 5.41) is 3.24. The second-order valence-corrected chi connectivity index (χ2v) is 6.51. The third-order valence-corrected chi connectivity index (χ3v) is 5.22. The Kier molecular flexibility index (Phi) is 6.31. The first-order valence-electron chi connectivity index (χ1n) is 8.00. The van der Waals surface area contributed by atoms with Crippen molar-refractivity contribution in [3.63, 3.8) is 0 Å². The van der Waals surface area contributed by atoms with Crippen LogP contribution in [0.5, 0.6) is 0 Å². The van der Waals surface area contributed by atoms with Crippen LogP contribution in [0.3, 0.4) is 0 Å². The summed E-state index contributed by atoms with van der Waals surface area (Å²) in [6.45, 7) is 9.27. The monoisotopic (exact) mass is 268 g/mol. The highest BCUT2D eigenvalue weighted by Crippen LogP contribution is 2.38. The molecule has 1 saturated carbocycles. The fourth-order valence-corrected chi connectivity index (χ4v) is 3.31. The summed E-state index contributed by atoms with van der Waals surface area (Å²) in [4.78, 5) is 12.6. The van der Waals surface area contributed by atoms with Crippen molar-refractivity contribution in [1.29, 1.82) is 0 Å². The molecule has 1 amide bonds. The van der Waals surface area contributed by atoms with Gasteiger partial charge in [-0.05, 0) is 44.4 Å². The van der Waals surface area contributed by atoms with Crippen LogP contribution in [-0.4, -0.2) is 18.5 Å². The summed E-state index contributed by atoms with van der Waals surface area (Å²) in [5.41, 5.74) is 5.64. The van der Waals surface area contributed by atoms with Gasteiger partial charge in [-0.2, -0.15) is 0 Å². The summed E-state index contributed by atoms with van der Waals surface area (Å²) in [6.07, 6.45) is 6.39. The number of hydrogen-bond acceptors (Lipinski definition) is 2. The molecule has 0 aromatic heterocycles. The maximum absolute atomic E-state index is 12.6. The summed E-state index contributed by atoms with van der Waals surface area (Å²) < 4.78 is 0. The molecule has 1 rings (SSSR count). The van der Waals surface area contributed by atoms with Crippen LogP contribution in [0.25, 0.3) is 0 Å². The maximum Gasteiger partial charge on any atom is 0.227 e. The highest BCUT2D eigenvalue weighted by molar-refractivity contribution is 5.83. The van der Waals surface area contributed by atoms with Crippen molar-refractivity contribution in [3.05, 3.63) is 0 Å². The number of nitrogens with two attached hydrogens (primary N) is 1. The van der Waals surface area contributed by atoms with Gasteiger partial charge in [0.2, 0.25) is 5.91 Å². The Bertz CT molecular complexity index is 278. The summed E-state index contributed by atoms with van der Waals surface area (Å²) in [6, 6.07) is 0.255. The molecule has 0 aromatic rings. The number of nitrogens with one attached hydrogen (secondary N) is 1. The molecule has 0 bridgehead atoms. The molecule has 0 aromatic carbocycles. The van der Waals surface area contributed by atoms with Crippen LogP contribution in [0.2, 0.25) is 0 Å². The number of carbonyl (C=O) groups excluding carboxylic acids is 1. The molecular formula is C16H32N2O. The van der Waals surface area contributed by atoms with Crippen molar-refractivity contribution in [2.24, 2.45) is 23.0 Å². The van der Waals surface area contributed by atoms with Crippen LogP contribution >= 0.6 is 0 Å². The molecule has 1 aliphatic carbocycles. The van der Waals surface area contributed by atoms with Crippen LogP contribution < -0.4 is 11.1 Å². The molecule has 19 heavy (non-hydrogen) atoms. The maximum atomic E-state index is 12.6. The highest BCUT2D eigenvalue weighted by Gasteiger charge is 2.40. The van der Waals surface area contributed by atoms with Crippen LogP contribution in [0.1, 0.15) is 66.2 Å². The van der Waals surface area contributed by atoms with E-state index in [-0.39, 0.29) is 17.4 Å². The van der Waals surface area contributed by atoms with Crippen LogP contribution in [0.4, 0.5) is 0 Å². The first-order chi connectivity index (χ1) is 8.99. The van der Waals surface area contributed by atoms with E-state index in [9.17, 15) is 4.79 Å². The van der Waals surface area contributed by atoms with E-state index in [0.29, 0.717) is 12.5 Å². The van der Waals surface area contributed by atoms with Gasteiger partial charge in [0.15, 0.2) is 0 Å². The van der Waals surface area contributed by atoms with Crippen molar-refractivity contribution in [1.82, 2.24) is 5.32 Å². The van der Waals surface area contributed by atoms with E-state index in [1.165, 1.54) is 0 Å².